The van der Waals surface area contributed by atoms with Crippen LogP contribution in [0.15, 0.2) is 30.3 Å². The van der Waals surface area contributed by atoms with Gasteiger partial charge in [0, 0.05) is 19.6 Å². The van der Waals surface area contributed by atoms with E-state index in [1.807, 2.05) is 37.3 Å². The van der Waals surface area contributed by atoms with Crippen molar-refractivity contribution in [2.24, 2.45) is 0 Å². The lowest BCUT2D eigenvalue weighted by Crippen LogP contribution is -2.41. The van der Waals surface area contributed by atoms with Crippen molar-refractivity contribution < 1.29 is 9.90 Å². The third-order valence-electron chi connectivity index (χ3n) is 2.40. The molecule has 0 unspecified atom stereocenters. The molecule has 0 atom stereocenters. The van der Waals surface area contributed by atoms with E-state index in [1.54, 1.807) is 4.90 Å². The fourth-order valence-corrected chi connectivity index (χ4v) is 1.52. The highest BCUT2D eigenvalue weighted by Gasteiger charge is 2.12. The zero-order valence-electron chi connectivity index (χ0n) is 10.2. The van der Waals surface area contributed by atoms with E-state index in [9.17, 15) is 4.79 Å². The predicted molar refractivity (Wildman–Crippen MR) is 67.6 cm³/mol. The van der Waals surface area contributed by atoms with Crippen molar-refractivity contribution in [3.05, 3.63) is 35.9 Å². The normalized spacial score (nSPS) is 10.0. The molecule has 0 aliphatic carbocycles. The van der Waals surface area contributed by atoms with E-state index in [-0.39, 0.29) is 12.6 Å². The second-order valence-corrected chi connectivity index (χ2v) is 3.86. The van der Waals surface area contributed by atoms with Crippen molar-refractivity contribution in [1.82, 2.24) is 10.2 Å². The van der Waals surface area contributed by atoms with Gasteiger partial charge in [0.25, 0.3) is 0 Å². The molecule has 1 aromatic carbocycles. The van der Waals surface area contributed by atoms with E-state index in [1.165, 1.54) is 0 Å². The summed E-state index contributed by atoms with van der Waals surface area (Å²) in [5.74, 6) is 0. The molecule has 0 aromatic heterocycles. The third-order valence-corrected chi connectivity index (χ3v) is 2.40. The summed E-state index contributed by atoms with van der Waals surface area (Å²) in [6, 6.07) is 9.64. The molecule has 4 heteroatoms. The van der Waals surface area contributed by atoms with Gasteiger partial charge in [0.15, 0.2) is 0 Å². The Hall–Kier alpha value is -1.55. The van der Waals surface area contributed by atoms with Gasteiger partial charge in [-0.1, -0.05) is 37.3 Å². The van der Waals surface area contributed by atoms with Crippen LogP contribution < -0.4 is 5.32 Å². The average Bonchev–Trinajstić information content (AvgIpc) is 2.36. The van der Waals surface area contributed by atoms with Crippen LogP contribution in [0.1, 0.15) is 18.9 Å². The maximum atomic E-state index is 11.8. The Morgan fingerprint density at radius 1 is 1.35 bits per heavy atom. The molecule has 2 amide bonds. The van der Waals surface area contributed by atoms with Crippen LogP contribution in [0.25, 0.3) is 0 Å². The molecule has 0 spiro atoms. The Balaban J connectivity index is 2.56. The first-order chi connectivity index (χ1) is 8.27. The number of rotatable bonds is 6. The van der Waals surface area contributed by atoms with Gasteiger partial charge in [0.05, 0.1) is 6.61 Å². The van der Waals surface area contributed by atoms with Crippen LogP contribution in [0.3, 0.4) is 0 Å². The summed E-state index contributed by atoms with van der Waals surface area (Å²) < 4.78 is 0. The van der Waals surface area contributed by atoms with Crippen LogP contribution in [-0.4, -0.2) is 35.7 Å². The van der Waals surface area contributed by atoms with E-state index < -0.39 is 0 Å². The minimum Gasteiger partial charge on any atom is -0.395 e. The number of amides is 2. The first-order valence-electron chi connectivity index (χ1n) is 5.95. The van der Waals surface area contributed by atoms with Crippen LogP contribution in [-0.2, 0) is 6.54 Å². The lowest BCUT2D eigenvalue weighted by atomic mass is 10.2. The number of aliphatic hydroxyl groups is 1. The van der Waals surface area contributed by atoms with Gasteiger partial charge in [-0.15, -0.1) is 0 Å². The van der Waals surface area contributed by atoms with Crippen molar-refractivity contribution in [3.63, 3.8) is 0 Å². The minimum absolute atomic E-state index is 0.0214. The first-order valence-corrected chi connectivity index (χ1v) is 5.95. The van der Waals surface area contributed by atoms with E-state index in [0.29, 0.717) is 19.6 Å². The van der Waals surface area contributed by atoms with Crippen LogP contribution in [0.2, 0.25) is 0 Å². The fourth-order valence-electron chi connectivity index (χ4n) is 1.52. The highest BCUT2D eigenvalue weighted by molar-refractivity contribution is 5.74. The van der Waals surface area contributed by atoms with E-state index in [2.05, 4.69) is 5.32 Å². The van der Waals surface area contributed by atoms with Gasteiger partial charge in [-0.2, -0.15) is 0 Å². The molecule has 0 radical (unpaired) electrons. The smallest absolute Gasteiger partial charge is 0.317 e. The van der Waals surface area contributed by atoms with Gasteiger partial charge in [0.1, 0.15) is 0 Å². The monoisotopic (exact) mass is 236 g/mol. The average molecular weight is 236 g/mol. The maximum absolute atomic E-state index is 11.8. The summed E-state index contributed by atoms with van der Waals surface area (Å²) in [6.07, 6.45) is 0.907. The van der Waals surface area contributed by atoms with E-state index in [4.69, 9.17) is 5.11 Å². The van der Waals surface area contributed by atoms with Gasteiger partial charge in [-0.3, -0.25) is 0 Å². The van der Waals surface area contributed by atoms with Crippen LogP contribution in [0.5, 0.6) is 0 Å². The van der Waals surface area contributed by atoms with E-state index >= 15 is 0 Å². The Bertz CT molecular complexity index is 327. The Morgan fingerprint density at radius 3 is 2.65 bits per heavy atom. The van der Waals surface area contributed by atoms with Gasteiger partial charge >= 0.3 is 6.03 Å². The quantitative estimate of drug-likeness (QED) is 0.788. The molecule has 1 rings (SSSR count). The molecule has 0 aliphatic heterocycles. The van der Waals surface area contributed by atoms with Gasteiger partial charge < -0.3 is 15.3 Å². The molecule has 4 nitrogen and oxygen atoms in total. The number of nitrogens with zero attached hydrogens (tertiary/aromatic N) is 1. The Kier molecular flexibility index (Phi) is 6.10. The lowest BCUT2D eigenvalue weighted by Gasteiger charge is -2.22. The molecule has 94 valence electrons. The summed E-state index contributed by atoms with van der Waals surface area (Å²) in [6.45, 7) is 3.52. The fraction of sp³-hybridized carbons (Fsp3) is 0.462. The maximum Gasteiger partial charge on any atom is 0.317 e. The number of hydrogen-bond acceptors (Lipinski definition) is 2. The molecule has 0 bridgehead atoms. The number of benzene rings is 1. The molecule has 0 aliphatic rings. The zero-order valence-corrected chi connectivity index (χ0v) is 10.2. The predicted octanol–water partition coefficient (Wildman–Crippen LogP) is 1.60. The highest BCUT2D eigenvalue weighted by atomic mass is 16.3. The molecule has 0 heterocycles. The second-order valence-electron chi connectivity index (χ2n) is 3.86. The number of nitrogens with one attached hydrogen (secondary N) is 1. The van der Waals surface area contributed by atoms with Crippen LogP contribution in [0.4, 0.5) is 4.79 Å². The topological polar surface area (TPSA) is 52.6 Å². The van der Waals surface area contributed by atoms with Crippen LogP contribution >= 0.6 is 0 Å². The summed E-state index contributed by atoms with van der Waals surface area (Å²) in [5.41, 5.74) is 1.06. The van der Waals surface area contributed by atoms with E-state index in [0.717, 1.165) is 12.0 Å². The van der Waals surface area contributed by atoms with Crippen molar-refractivity contribution in [2.45, 2.75) is 19.9 Å². The molecule has 0 fully saturated rings. The van der Waals surface area contributed by atoms with Crippen molar-refractivity contribution in [3.8, 4) is 0 Å². The summed E-state index contributed by atoms with van der Waals surface area (Å²) in [7, 11) is 0. The SMILES string of the molecule is CCCNC(=O)N(CCO)Cc1ccccc1. The second kappa shape index (κ2) is 7.68. The summed E-state index contributed by atoms with van der Waals surface area (Å²) >= 11 is 0. The van der Waals surface area contributed by atoms with Gasteiger partial charge in [-0.05, 0) is 12.0 Å². The largest absolute Gasteiger partial charge is 0.395 e. The number of carbonyl (C=O) groups is 1. The van der Waals surface area contributed by atoms with Crippen molar-refractivity contribution in [1.29, 1.82) is 0 Å². The number of hydrogen-bond donors (Lipinski definition) is 2. The summed E-state index contributed by atoms with van der Waals surface area (Å²) in [5, 5.41) is 11.8. The molecule has 0 saturated heterocycles. The number of aliphatic hydroxyl groups excluding tert-OH is 1. The first kappa shape index (κ1) is 13.5. The molecule has 2 N–H and O–H groups in total. The molecule has 0 saturated carbocycles. The minimum atomic E-state index is -0.121. The molecular formula is C13H20N2O2. The molecular weight excluding hydrogens is 216 g/mol. The highest BCUT2D eigenvalue weighted by Crippen LogP contribution is 2.04. The summed E-state index contributed by atoms with van der Waals surface area (Å²) in [4.78, 5) is 13.4. The van der Waals surface area contributed by atoms with Gasteiger partial charge in [0.2, 0.25) is 0 Å². The lowest BCUT2D eigenvalue weighted by molar-refractivity contribution is 0.174. The number of urea groups is 1. The number of carbonyl (C=O) groups excluding carboxylic acids is 1. The molecule has 17 heavy (non-hydrogen) atoms. The standard InChI is InChI=1S/C13H20N2O2/c1-2-8-14-13(17)15(9-10-16)11-12-6-4-3-5-7-12/h3-7,16H,2,8-11H2,1H3,(H,14,17). The zero-order chi connectivity index (χ0) is 12.5. The van der Waals surface area contributed by atoms with Crippen molar-refractivity contribution >= 4 is 6.03 Å². The third kappa shape index (κ3) is 4.87. The van der Waals surface area contributed by atoms with Crippen molar-refractivity contribution in [2.75, 3.05) is 19.7 Å². The van der Waals surface area contributed by atoms with Gasteiger partial charge in [-0.25, -0.2) is 4.79 Å². The Labute approximate surface area is 102 Å². The van der Waals surface area contributed by atoms with Crippen LogP contribution in [0, 0.1) is 0 Å². The Morgan fingerprint density at radius 2 is 2.06 bits per heavy atom. The molecule has 1 aromatic rings.